The summed E-state index contributed by atoms with van der Waals surface area (Å²) in [6.45, 7) is 3.01. The largest absolute Gasteiger partial charge is 0.366 e. The van der Waals surface area contributed by atoms with Crippen LogP contribution in [0.1, 0.15) is 37.7 Å². The Morgan fingerprint density at radius 1 is 1.23 bits per heavy atom. The van der Waals surface area contributed by atoms with Crippen LogP contribution < -0.4 is 10.6 Å². The molecule has 6 nitrogen and oxygen atoms in total. The normalized spacial score (nSPS) is 20.9. The zero-order chi connectivity index (χ0) is 17.7. The van der Waals surface area contributed by atoms with Crippen LogP contribution in [0.3, 0.4) is 0 Å². The molecule has 2 heterocycles. The zero-order valence-electron chi connectivity index (χ0n) is 15.2. The fraction of sp³-hybridized carbons (Fsp3) is 0.450. The molecule has 0 radical (unpaired) electrons. The van der Waals surface area contributed by atoms with Crippen LogP contribution in [-0.4, -0.2) is 32.3 Å². The highest BCUT2D eigenvalue weighted by molar-refractivity contribution is 5.87. The van der Waals surface area contributed by atoms with E-state index in [2.05, 4.69) is 51.9 Å². The van der Waals surface area contributed by atoms with Gasteiger partial charge in [0.2, 0.25) is 5.95 Å². The molecule has 2 unspecified atom stereocenters. The summed E-state index contributed by atoms with van der Waals surface area (Å²) in [7, 11) is 1.93. The molecule has 2 aliphatic carbocycles. The first-order chi connectivity index (χ1) is 12.6. The summed E-state index contributed by atoms with van der Waals surface area (Å²) >= 11 is 0. The van der Waals surface area contributed by atoms with Gasteiger partial charge >= 0.3 is 0 Å². The van der Waals surface area contributed by atoms with E-state index < -0.39 is 0 Å². The molecule has 26 heavy (non-hydrogen) atoms. The zero-order valence-corrected chi connectivity index (χ0v) is 15.2. The van der Waals surface area contributed by atoms with Crippen LogP contribution in [-0.2, 0) is 7.05 Å². The van der Waals surface area contributed by atoms with Crippen molar-refractivity contribution in [1.29, 1.82) is 0 Å². The lowest BCUT2D eigenvalue weighted by atomic mass is 10.0. The number of hydrogen-bond acceptors (Lipinski definition) is 5. The second kappa shape index (κ2) is 5.69. The lowest BCUT2D eigenvalue weighted by Gasteiger charge is -2.14. The Morgan fingerprint density at radius 3 is 2.77 bits per heavy atom. The molecule has 2 atom stereocenters. The van der Waals surface area contributed by atoms with Gasteiger partial charge in [0, 0.05) is 19.6 Å². The maximum atomic E-state index is 4.77. The van der Waals surface area contributed by atoms with Gasteiger partial charge in [-0.25, -0.2) is 0 Å². The van der Waals surface area contributed by atoms with Gasteiger partial charge in [-0.1, -0.05) is 37.3 Å². The van der Waals surface area contributed by atoms with E-state index in [1.165, 1.54) is 24.8 Å². The molecule has 0 saturated heterocycles. The number of nitrogens with zero attached hydrogens (tertiary/aromatic N) is 4. The van der Waals surface area contributed by atoms with Gasteiger partial charge < -0.3 is 10.6 Å². The molecule has 1 spiro atoms. The van der Waals surface area contributed by atoms with E-state index in [0.717, 1.165) is 23.4 Å². The van der Waals surface area contributed by atoms with Gasteiger partial charge in [-0.2, -0.15) is 15.1 Å². The molecule has 2 saturated carbocycles. The van der Waals surface area contributed by atoms with Crippen LogP contribution in [0.25, 0.3) is 11.0 Å². The van der Waals surface area contributed by atoms with Gasteiger partial charge in [-0.3, -0.25) is 4.68 Å². The summed E-state index contributed by atoms with van der Waals surface area (Å²) in [5.74, 6) is 1.96. The standard InChI is InChI=1S/C20H24N6/c1-13(14-6-4-3-5-7-14)11-21-19-24-17(23-16-10-20(16)8-9-20)15-12-22-26(2)18(15)25-19/h3-7,12-13,16H,8-11H2,1-2H3,(H2,21,23,24,25). The van der Waals surface area contributed by atoms with Crippen molar-refractivity contribution in [3.63, 3.8) is 0 Å². The molecular weight excluding hydrogens is 324 g/mol. The Morgan fingerprint density at radius 2 is 2.04 bits per heavy atom. The van der Waals surface area contributed by atoms with E-state index in [4.69, 9.17) is 4.98 Å². The highest BCUT2D eigenvalue weighted by Gasteiger charge is 2.63. The first kappa shape index (κ1) is 15.6. The van der Waals surface area contributed by atoms with Gasteiger partial charge in [-0.05, 0) is 36.2 Å². The Bertz CT molecular complexity index is 944. The average Bonchev–Trinajstić information content (AvgIpc) is 3.55. The van der Waals surface area contributed by atoms with Gasteiger partial charge in [0.15, 0.2) is 5.65 Å². The SMILES string of the molecule is CC(CNc1nc(NC2CC23CC3)c2cnn(C)c2n1)c1ccccc1. The summed E-state index contributed by atoms with van der Waals surface area (Å²) in [5, 5.41) is 12.4. The van der Waals surface area contributed by atoms with Crippen molar-refractivity contribution >= 4 is 22.8 Å². The lowest BCUT2D eigenvalue weighted by molar-refractivity contribution is 0.779. The van der Waals surface area contributed by atoms with Crippen LogP contribution in [0.4, 0.5) is 11.8 Å². The summed E-state index contributed by atoms with van der Waals surface area (Å²) in [6.07, 6.45) is 5.83. The third kappa shape index (κ3) is 2.69. The van der Waals surface area contributed by atoms with Crippen LogP contribution in [0.5, 0.6) is 0 Å². The number of hydrogen-bond donors (Lipinski definition) is 2. The summed E-state index contributed by atoms with van der Waals surface area (Å²) in [5.41, 5.74) is 2.76. The van der Waals surface area contributed by atoms with Crippen molar-refractivity contribution in [3.8, 4) is 0 Å². The number of fused-ring (bicyclic) bond motifs is 1. The number of aryl methyl sites for hydroxylation is 1. The number of rotatable bonds is 6. The third-order valence-corrected chi connectivity index (χ3v) is 5.92. The Labute approximate surface area is 153 Å². The molecule has 134 valence electrons. The second-order valence-electron chi connectivity index (χ2n) is 7.86. The molecule has 2 aromatic heterocycles. The van der Waals surface area contributed by atoms with Gasteiger partial charge in [0.25, 0.3) is 0 Å². The van der Waals surface area contributed by atoms with E-state index in [1.807, 2.05) is 24.0 Å². The Balaban J connectivity index is 1.37. The maximum absolute atomic E-state index is 4.77. The van der Waals surface area contributed by atoms with Crippen LogP contribution in [0.15, 0.2) is 36.5 Å². The molecular formula is C20H24N6. The van der Waals surface area contributed by atoms with Crippen molar-refractivity contribution in [3.05, 3.63) is 42.1 Å². The average molecular weight is 348 g/mol. The minimum absolute atomic E-state index is 0.386. The monoisotopic (exact) mass is 348 g/mol. The molecule has 1 aromatic carbocycles. The number of aromatic nitrogens is 4. The quantitative estimate of drug-likeness (QED) is 0.713. The lowest BCUT2D eigenvalue weighted by Crippen LogP contribution is -2.14. The maximum Gasteiger partial charge on any atom is 0.226 e. The summed E-state index contributed by atoms with van der Waals surface area (Å²) in [4.78, 5) is 9.45. The highest BCUT2D eigenvalue weighted by atomic mass is 15.3. The molecule has 0 aliphatic heterocycles. The van der Waals surface area contributed by atoms with Crippen molar-refractivity contribution < 1.29 is 0 Å². The van der Waals surface area contributed by atoms with Crippen LogP contribution >= 0.6 is 0 Å². The fourth-order valence-electron chi connectivity index (χ4n) is 3.78. The van der Waals surface area contributed by atoms with Gasteiger partial charge in [0.1, 0.15) is 5.82 Å². The fourth-order valence-corrected chi connectivity index (χ4v) is 3.78. The predicted molar refractivity (Wildman–Crippen MR) is 103 cm³/mol. The molecule has 0 amide bonds. The minimum atomic E-state index is 0.386. The third-order valence-electron chi connectivity index (χ3n) is 5.92. The topological polar surface area (TPSA) is 67.7 Å². The highest BCUT2D eigenvalue weighted by Crippen LogP contribution is 2.66. The van der Waals surface area contributed by atoms with Crippen molar-refractivity contribution in [2.75, 3.05) is 17.2 Å². The van der Waals surface area contributed by atoms with Crippen LogP contribution in [0, 0.1) is 5.41 Å². The molecule has 2 aliphatic rings. The number of nitrogens with one attached hydrogen (secondary N) is 2. The first-order valence-corrected chi connectivity index (χ1v) is 9.40. The minimum Gasteiger partial charge on any atom is -0.366 e. The molecule has 5 rings (SSSR count). The van der Waals surface area contributed by atoms with Crippen molar-refractivity contribution in [2.24, 2.45) is 12.5 Å². The van der Waals surface area contributed by atoms with E-state index in [1.54, 1.807) is 0 Å². The van der Waals surface area contributed by atoms with Gasteiger partial charge in [-0.15, -0.1) is 0 Å². The van der Waals surface area contributed by atoms with Crippen molar-refractivity contribution in [1.82, 2.24) is 19.7 Å². The van der Waals surface area contributed by atoms with Crippen LogP contribution in [0.2, 0.25) is 0 Å². The molecule has 2 fully saturated rings. The summed E-state index contributed by atoms with van der Waals surface area (Å²) < 4.78 is 1.81. The molecule has 6 heteroatoms. The number of benzene rings is 1. The smallest absolute Gasteiger partial charge is 0.226 e. The van der Waals surface area contributed by atoms with E-state index in [-0.39, 0.29) is 0 Å². The molecule has 3 aromatic rings. The van der Waals surface area contributed by atoms with E-state index in [0.29, 0.717) is 23.3 Å². The van der Waals surface area contributed by atoms with E-state index in [9.17, 15) is 0 Å². The second-order valence-corrected chi connectivity index (χ2v) is 7.86. The molecule has 0 bridgehead atoms. The Kier molecular flexibility index (Phi) is 3.42. The predicted octanol–water partition coefficient (Wildman–Crippen LogP) is 3.54. The van der Waals surface area contributed by atoms with Crippen molar-refractivity contribution in [2.45, 2.75) is 38.1 Å². The van der Waals surface area contributed by atoms with Gasteiger partial charge in [0.05, 0.1) is 11.6 Å². The number of anilines is 2. The summed E-state index contributed by atoms with van der Waals surface area (Å²) in [6, 6.07) is 11.1. The van der Waals surface area contributed by atoms with E-state index >= 15 is 0 Å². The molecule has 2 N–H and O–H groups in total. The Hall–Kier alpha value is -2.63. The first-order valence-electron chi connectivity index (χ1n) is 9.40.